The molecule has 5 heteroatoms. The van der Waals surface area contributed by atoms with Crippen molar-refractivity contribution in [2.45, 2.75) is 0 Å². The van der Waals surface area contributed by atoms with Gasteiger partial charge in [-0.15, -0.1) is 0 Å². The second-order valence-corrected chi connectivity index (χ2v) is 7.30. The van der Waals surface area contributed by atoms with Gasteiger partial charge in [-0.3, -0.25) is 4.99 Å². The number of benzene rings is 3. The smallest absolute Gasteiger partial charge is 0.231 e. The van der Waals surface area contributed by atoms with E-state index < -0.39 is 0 Å². The molecule has 130 valence electrons. The SMILES string of the molecule is Oc1nc(Nc2ccc3ccccc3c2)sc1/C=C1\C=Nc2ccccc21. The second kappa shape index (κ2) is 6.37. The van der Waals surface area contributed by atoms with Crippen molar-refractivity contribution >= 4 is 56.5 Å². The van der Waals surface area contributed by atoms with Crippen LogP contribution in [0.25, 0.3) is 22.4 Å². The molecule has 0 amide bonds. The molecule has 2 N–H and O–H groups in total. The Kier molecular flexibility index (Phi) is 3.73. The summed E-state index contributed by atoms with van der Waals surface area (Å²) in [5, 5.41) is 16.5. The molecule has 1 aliphatic heterocycles. The van der Waals surface area contributed by atoms with Gasteiger partial charge in [-0.05, 0) is 35.0 Å². The molecule has 2 heterocycles. The van der Waals surface area contributed by atoms with Crippen LogP contribution in [0.5, 0.6) is 5.88 Å². The fourth-order valence-corrected chi connectivity index (χ4v) is 3.99. The molecule has 0 fully saturated rings. The van der Waals surface area contributed by atoms with Crippen LogP contribution in [0.1, 0.15) is 10.4 Å². The second-order valence-electron chi connectivity index (χ2n) is 6.27. The van der Waals surface area contributed by atoms with E-state index in [1.54, 1.807) is 0 Å². The number of hydrogen-bond donors (Lipinski definition) is 2. The standard InChI is InChI=1S/C22H15N3OS/c26-21-20(12-16-13-23-19-8-4-3-7-18(16)19)27-22(25-21)24-17-10-9-14-5-1-2-6-15(14)11-17/h1-13,26H,(H,24,25)/b16-12+. The van der Waals surface area contributed by atoms with Gasteiger partial charge in [0.1, 0.15) is 0 Å². The Balaban J connectivity index is 1.44. The van der Waals surface area contributed by atoms with Gasteiger partial charge in [0.05, 0.1) is 10.6 Å². The third-order valence-electron chi connectivity index (χ3n) is 4.48. The minimum Gasteiger partial charge on any atom is -0.492 e. The molecule has 0 unspecified atom stereocenters. The number of aliphatic imine (C=N–C) groups is 1. The van der Waals surface area contributed by atoms with Gasteiger partial charge in [0.25, 0.3) is 0 Å². The summed E-state index contributed by atoms with van der Waals surface area (Å²) in [6, 6.07) is 22.3. The fraction of sp³-hybridized carbons (Fsp3) is 0. The Hall–Kier alpha value is -3.44. The summed E-state index contributed by atoms with van der Waals surface area (Å²) < 4.78 is 0. The number of para-hydroxylation sites is 1. The van der Waals surface area contributed by atoms with E-state index in [-0.39, 0.29) is 5.88 Å². The monoisotopic (exact) mass is 369 g/mol. The van der Waals surface area contributed by atoms with E-state index in [9.17, 15) is 5.11 Å². The fourth-order valence-electron chi connectivity index (χ4n) is 3.16. The van der Waals surface area contributed by atoms with Crippen LogP contribution in [0.4, 0.5) is 16.5 Å². The van der Waals surface area contributed by atoms with Crippen molar-refractivity contribution in [3.05, 3.63) is 77.2 Å². The first-order chi connectivity index (χ1) is 13.3. The molecule has 0 radical (unpaired) electrons. The number of aromatic nitrogens is 1. The predicted octanol–water partition coefficient (Wildman–Crippen LogP) is 6.00. The molecule has 4 aromatic rings. The maximum Gasteiger partial charge on any atom is 0.231 e. The normalized spacial score (nSPS) is 14.0. The van der Waals surface area contributed by atoms with Gasteiger partial charge in [-0.1, -0.05) is 59.9 Å². The molecule has 0 saturated heterocycles. The topological polar surface area (TPSA) is 57.5 Å². The Bertz CT molecular complexity index is 1220. The molecule has 0 saturated carbocycles. The maximum absolute atomic E-state index is 10.3. The van der Waals surface area contributed by atoms with Crippen LogP contribution in [-0.2, 0) is 0 Å². The molecule has 0 bridgehead atoms. The van der Waals surface area contributed by atoms with Gasteiger partial charge in [0.2, 0.25) is 5.88 Å². The third kappa shape index (κ3) is 2.98. The summed E-state index contributed by atoms with van der Waals surface area (Å²) in [5.41, 5.74) is 3.92. The highest BCUT2D eigenvalue weighted by molar-refractivity contribution is 7.16. The zero-order valence-corrected chi connectivity index (χ0v) is 15.1. The number of nitrogens with zero attached hydrogens (tertiary/aromatic N) is 2. The average Bonchev–Trinajstić information content (AvgIpc) is 3.25. The number of nitrogens with one attached hydrogen (secondary N) is 1. The van der Waals surface area contributed by atoms with Gasteiger partial charge in [-0.2, -0.15) is 4.98 Å². The molecule has 27 heavy (non-hydrogen) atoms. The number of rotatable bonds is 3. The lowest BCUT2D eigenvalue weighted by Crippen LogP contribution is -1.88. The van der Waals surface area contributed by atoms with Crippen molar-refractivity contribution in [3.63, 3.8) is 0 Å². The maximum atomic E-state index is 10.3. The lowest BCUT2D eigenvalue weighted by atomic mass is 10.1. The van der Waals surface area contributed by atoms with Crippen molar-refractivity contribution in [1.29, 1.82) is 0 Å². The van der Waals surface area contributed by atoms with Crippen LogP contribution >= 0.6 is 11.3 Å². The van der Waals surface area contributed by atoms with Crippen molar-refractivity contribution in [2.24, 2.45) is 4.99 Å². The summed E-state index contributed by atoms with van der Waals surface area (Å²) in [6.07, 6.45) is 3.74. The summed E-state index contributed by atoms with van der Waals surface area (Å²) in [5.74, 6) is 0.0218. The van der Waals surface area contributed by atoms with Crippen LogP contribution < -0.4 is 5.32 Å². The first-order valence-electron chi connectivity index (χ1n) is 8.57. The number of thiazole rings is 1. The van der Waals surface area contributed by atoms with E-state index >= 15 is 0 Å². The number of aromatic hydroxyl groups is 1. The molecule has 0 atom stereocenters. The Morgan fingerprint density at radius 1 is 0.926 bits per heavy atom. The van der Waals surface area contributed by atoms with E-state index in [0.717, 1.165) is 27.9 Å². The summed E-state index contributed by atoms with van der Waals surface area (Å²) in [6.45, 7) is 0. The van der Waals surface area contributed by atoms with Crippen LogP contribution in [0.3, 0.4) is 0 Å². The summed E-state index contributed by atoms with van der Waals surface area (Å²) in [7, 11) is 0. The molecule has 5 rings (SSSR count). The van der Waals surface area contributed by atoms with Gasteiger partial charge in [0, 0.05) is 23.0 Å². The number of hydrogen-bond acceptors (Lipinski definition) is 5. The first-order valence-corrected chi connectivity index (χ1v) is 9.39. The van der Waals surface area contributed by atoms with Crippen molar-refractivity contribution in [3.8, 4) is 5.88 Å². The largest absolute Gasteiger partial charge is 0.492 e. The van der Waals surface area contributed by atoms with Crippen molar-refractivity contribution in [2.75, 3.05) is 5.32 Å². The number of allylic oxidation sites excluding steroid dienone is 1. The lowest BCUT2D eigenvalue weighted by molar-refractivity contribution is 0.457. The van der Waals surface area contributed by atoms with Crippen LogP contribution in [0.15, 0.2) is 71.7 Å². The molecule has 0 aliphatic carbocycles. The molecule has 1 aromatic heterocycles. The van der Waals surface area contributed by atoms with Crippen molar-refractivity contribution < 1.29 is 5.11 Å². The highest BCUT2D eigenvalue weighted by Crippen LogP contribution is 2.37. The van der Waals surface area contributed by atoms with E-state index in [1.807, 2.05) is 54.8 Å². The Labute approximate surface area is 160 Å². The van der Waals surface area contributed by atoms with E-state index in [4.69, 9.17) is 0 Å². The molecule has 0 spiro atoms. The average molecular weight is 369 g/mol. The summed E-state index contributed by atoms with van der Waals surface area (Å²) >= 11 is 1.41. The number of fused-ring (bicyclic) bond motifs is 2. The zero-order valence-electron chi connectivity index (χ0n) is 14.3. The minimum atomic E-state index is 0.0218. The van der Waals surface area contributed by atoms with Gasteiger partial charge in [0.15, 0.2) is 5.13 Å². The van der Waals surface area contributed by atoms with Gasteiger partial charge < -0.3 is 10.4 Å². The highest BCUT2D eigenvalue weighted by atomic mass is 32.1. The van der Waals surface area contributed by atoms with Crippen LogP contribution in [-0.4, -0.2) is 16.3 Å². The highest BCUT2D eigenvalue weighted by Gasteiger charge is 2.14. The van der Waals surface area contributed by atoms with E-state index in [1.165, 1.54) is 16.7 Å². The van der Waals surface area contributed by atoms with E-state index in [0.29, 0.717) is 10.0 Å². The van der Waals surface area contributed by atoms with Crippen LogP contribution in [0, 0.1) is 0 Å². The van der Waals surface area contributed by atoms with Crippen LogP contribution in [0.2, 0.25) is 0 Å². The molecular weight excluding hydrogens is 354 g/mol. The first kappa shape index (κ1) is 15.8. The number of anilines is 2. The minimum absolute atomic E-state index is 0.0218. The predicted molar refractivity (Wildman–Crippen MR) is 113 cm³/mol. The molecule has 4 nitrogen and oxygen atoms in total. The molecular formula is C22H15N3OS. The lowest BCUT2D eigenvalue weighted by Gasteiger charge is -2.04. The van der Waals surface area contributed by atoms with Gasteiger partial charge in [-0.25, -0.2) is 0 Å². The Morgan fingerprint density at radius 3 is 2.67 bits per heavy atom. The quantitative estimate of drug-likeness (QED) is 0.465. The molecule has 3 aromatic carbocycles. The zero-order chi connectivity index (χ0) is 18.2. The Morgan fingerprint density at radius 2 is 1.74 bits per heavy atom. The third-order valence-corrected chi connectivity index (χ3v) is 5.39. The summed E-state index contributed by atoms with van der Waals surface area (Å²) in [4.78, 5) is 9.37. The van der Waals surface area contributed by atoms with Gasteiger partial charge >= 0.3 is 0 Å². The molecule has 1 aliphatic rings. The van der Waals surface area contributed by atoms with Crippen molar-refractivity contribution in [1.82, 2.24) is 4.98 Å². The van der Waals surface area contributed by atoms with E-state index in [2.05, 4.69) is 39.6 Å².